The number of nitrogens with zero attached hydrogens (tertiary/aromatic N) is 1. The molecule has 2 aliphatic rings. The van der Waals surface area contributed by atoms with E-state index in [0.717, 1.165) is 15.8 Å². The molecule has 132 valence electrons. The Bertz CT molecular complexity index is 993. The predicted molar refractivity (Wildman–Crippen MR) is 94.7 cm³/mol. The van der Waals surface area contributed by atoms with E-state index < -0.39 is 23.8 Å². The van der Waals surface area contributed by atoms with Crippen molar-refractivity contribution in [2.75, 3.05) is 0 Å². The van der Waals surface area contributed by atoms with Crippen molar-refractivity contribution < 1.29 is 19.2 Å². The molecule has 1 N–H and O–H groups in total. The standard InChI is InChI=1S/C20H18N2O4/c1-10(2)12-8-11-4-3-5-13-17(11)14(9-12)20(26)22(19(13)25)15-6-7-16(23)21-18(15)24/h3-5,8-10,15H,6-7H2,1-2H3,(H,21,23,24). The minimum absolute atomic E-state index is 0.108. The molecule has 2 aliphatic heterocycles. The number of amides is 4. The van der Waals surface area contributed by atoms with Gasteiger partial charge in [0.05, 0.1) is 0 Å². The van der Waals surface area contributed by atoms with Crippen molar-refractivity contribution in [2.45, 2.75) is 38.6 Å². The van der Waals surface area contributed by atoms with Gasteiger partial charge in [-0.15, -0.1) is 0 Å². The third-order valence-electron chi connectivity index (χ3n) is 5.09. The highest BCUT2D eigenvalue weighted by Crippen LogP contribution is 2.34. The van der Waals surface area contributed by atoms with Crippen LogP contribution >= 0.6 is 0 Å². The van der Waals surface area contributed by atoms with E-state index in [-0.39, 0.29) is 24.7 Å². The van der Waals surface area contributed by atoms with Gasteiger partial charge in [-0.05, 0) is 35.4 Å². The van der Waals surface area contributed by atoms with E-state index in [1.54, 1.807) is 12.1 Å². The highest BCUT2D eigenvalue weighted by Gasteiger charge is 2.42. The second-order valence-corrected chi connectivity index (χ2v) is 7.07. The topological polar surface area (TPSA) is 83.6 Å². The third kappa shape index (κ3) is 2.33. The Balaban J connectivity index is 1.89. The van der Waals surface area contributed by atoms with E-state index in [2.05, 4.69) is 5.32 Å². The number of rotatable bonds is 2. The first-order chi connectivity index (χ1) is 12.4. The van der Waals surface area contributed by atoms with Gasteiger partial charge in [0, 0.05) is 22.9 Å². The predicted octanol–water partition coefficient (Wildman–Crippen LogP) is 2.36. The quantitative estimate of drug-likeness (QED) is 0.843. The van der Waals surface area contributed by atoms with Gasteiger partial charge in [-0.1, -0.05) is 32.0 Å². The summed E-state index contributed by atoms with van der Waals surface area (Å²) in [6, 6.07) is 8.19. The number of imide groups is 2. The SMILES string of the molecule is CC(C)c1cc2c3c(cccc3c1)C(=O)N(C1CCC(=O)NC1=O)C2=O. The van der Waals surface area contributed by atoms with E-state index >= 15 is 0 Å². The lowest BCUT2D eigenvalue weighted by Gasteiger charge is -2.34. The van der Waals surface area contributed by atoms with E-state index in [9.17, 15) is 19.2 Å². The second-order valence-electron chi connectivity index (χ2n) is 7.07. The maximum atomic E-state index is 13.2. The summed E-state index contributed by atoms with van der Waals surface area (Å²) in [7, 11) is 0. The van der Waals surface area contributed by atoms with Gasteiger partial charge in [-0.25, -0.2) is 0 Å². The maximum Gasteiger partial charge on any atom is 0.262 e. The highest BCUT2D eigenvalue weighted by molar-refractivity contribution is 6.27. The molecule has 0 aromatic heterocycles. The smallest absolute Gasteiger partial charge is 0.262 e. The zero-order valence-corrected chi connectivity index (χ0v) is 14.5. The molecule has 0 spiro atoms. The van der Waals surface area contributed by atoms with Gasteiger partial charge in [-0.2, -0.15) is 0 Å². The Morgan fingerprint density at radius 2 is 1.77 bits per heavy atom. The first kappa shape index (κ1) is 16.4. The van der Waals surface area contributed by atoms with Crippen LogP contribution in [0.1, 0.15) is 58.9 Å². The number of hydrogen-bond acceptors (Lipinski definition) is 4. The minimum atomic E-state index is -0.959. The molecule has 0 aliphatic carbocycles. The lowest BCUT2D eigenvalue weighted by atomic mass is 9.88. The summed E-state index contributed by atoms with van der Waals surface area (Å²) < 4.78 is 0. The van der Waals surface area contributed by atoms with Crippen LogP contribution in [-0.4, -0.2) is 34.6 Å². The van der Waals surface area contributed by atoms with Gasteiger partial charge in [0.2, 0.25) is 11.8 Å². The number of benzene rings is 2. The summed E-state index contributed by atoms with van der Waals surface area (Å²) in [5.74, 6) is -1.73. The average Bonchev–Trinajstić information content (AvgIpc) is 2.60. The monoisotopic (exact) mass is 350 g/mol. The van der Waals surface area contributed by atoms with Crippen LogP contribution in [0.25, 0.3) is 10.8 Å². The summed E-state index contributed by atoms with van der Waals surface area (Å²) in [4.78, 5) is 50.8. The van der Waals surface area contributed by atoms with Crippen molar-refractivity contribution >= 4 is 34.4 Å². The fourth-order valence-electron chi connectivity index (χ4n) is 3.69. The molecule has 1 fully saturated rings. The molecule has 4 rings (SSSR count). The number of hydrogen-bond donors (Lipinski definition) is 1. The van der Waals surface area contributed by atoms with Crippen LogP contribution in [0, 0.1) is 0 Å². The Labute approximate surface area is 150 Å². The molecular weight excluding hydrogens is 332 g/mol. The summed E-state index contributed by atoms with van der Waals surface area (Å²) >= 11 is 0. The van der Waals surface area contributed by atoms with Gasteiger partial charge in [0.15, 0.2) is 0 Å². The maximum absolute atomic E-state index is 13.2. The van der Waals surface area contributed by atoms with Crippen molar-refractivity contribution in [1.82, 2.24) is 10.2 Å². The summed E-state index contributed by atoms with van der Waals surface area (Å²) in [6.07, 6.45) is 0.258. The van der Waals surface area contributed by atoms with E-state index in [0.29, 0.717) is 16.5 Å². The van der Waals surface area contributed by atoms with E-state index in [1.165, 1.54) is 0 Å². The molecule has 6 heteroatoms. The molecule has 0 radical (unpaired) electrons. The lowest BCUT2D eigenvalue weighted by Crippen LogP contribution is -2.57. The molecule has 0 saturated carbocycles. The van der Waals surface area contributed by atoms with Gasteiger partial charge < -0.3 is 0 Å². The van der Waals surface area contributed by atoms with Gasteiger partial charge in [0.1, 0.15) is 6.04 Å². The first-order valence-electron chi connectivity index (χ1n) is 8.66. The van der Waals surface area contributed by atoms with E-state index in [1.807, 2.05) is 32.0 Å². The molecule has 26 heavy (non-hydrogen) atoms. The fourth-order valence-corrected chi connectivity index (χ4v) is 3.69. The largest absolute Gasteiger partial charge is 0.295 e. The molecule has 2 aromatic carbocycles. The fraction of sp³-hybridized carbons (Fsp3) is 0.300. The number of nitrogens with one attached hydrogen (secondary N) is 1. The highest BCUT2D eigenvalue weighted by atomic mass is 16.2. The molecule has 0 bridgehead atoms. The summed E-state index contributed by atoms with van der Waals surface area (Å²) in [5, 5.41) is 3.70. The van der Waals surface area contributed by atoms with Crippen LogP contribution < -0.4 is 5.32 Å². The summed E-state index contributed by atoms with van der Waals surface area (Å²) in [5.41, 5.74) is 1.85. The van der Waals surface area contributed by atoms with Gasteiger partial charge >= 0.3 is 0 Å². The molecule has 1 saturated heterocycles. The number of piperidine rings is 1. The minimum Gasteiger partial charge on any atom is -0.295 e. The van der Waals surface area contributed by atoms with Crippen LogP contribution in [0.2, 0.25) is 0 Å². The van der Waals surface area contributed by atoms with Crippen molar-refractivity contribution in [3.05, 3.63) is 47.0 Å². The van der Waals surface area contributed by atoms with Crippen LogP contribution in [-0.2, 0) is 9.59 Å². The third-order valence-corrected chi connectivity index (χ3v) is 5.09. The molecule has 1 unspecified atom stereocenters. The molecule has 4 amide bonds. The summed E-state index contributed by atoms with van der Waals surface area (Å²) in [6.45, 7) is 4.07. The van der Waals surface area contributed by atoms with Crippen LogP contribution in [0.3, 0.4) is 0 Å². The zero-order chi connectivity index (χ0) is 18.6. The van der Waals surface area contributed by atoms with Crippen molar-refractivity contribution in [1.29, 1.82) is 0 Å². The molecule has 2 heterocycles. The molecule has 2 aromatic rings. The first-order valence-corrected chi connectivity index (χ1v) is 8.66. The normalized spacial score (nSPS) is 20.1. The van der Waals surface area contributed by atoms with Crippen LogP contribution in [0.5, 0.6) is 0 Å². The van der Waals surface area contributed by atoms with E-state index in [4.69, 9.17) is 0 Å². The average molecular weight is 350 g/mol. The second kappa shape index (κ2) is 5.76. The van der Waals surface area contributed by atoms with Crippen LogP contribution in [0.15, 0.2) is 30.3 Å². The Hall–Kier alpha value is -3.02. The van der Waals surface area contributed by atoms with Crippen molar-refractivity contribution in [2.24, 2.45) is 0 Å². The Kier molecular flexibility index (Phi) is 3.64. The van der Waals surface area contributed by atoms with Crippen molar-refractivity contribution in [3.63, 3.8) is 0 Å². The number of carbonyl (C=O) groups is 4. The molecule has 6 nitrogen and oxygen atoms in total. The molecule has 1 atom stereocenters. The zero-order valence-electron chi connectivity index (χ0n) is 14.5. The number of carbonyl (C=O) groups excluding carboxylic acids is 4. The molecular formula is C20H18N2O4. The lowest BCUT2D eigenvalue weighted by molar-refractivity contribution is -0.136. The Morgan fingerprint density at radius 1 is 1.04 bits per heavy atom. The van der Waals surface area contributed by atoms with Crippen molar-refractivity contribution in [3.8, 4) is 0 Å². The van der Waals surface area contributed by atoms with Crippen LogP contribution in [0.4, 0.5) is 0 Å². The van der Waals surface area contributed by atoms with Gasteiger partial charge in [-0.3, -0.25) is 29.4 Å². The van der Waals surface area contributed by atoms with Gasteiger partial charge in [0.25, 0.3) is 11.8 Å². The Morgan fingerprint density at radius 3 is 2.46 bits per heavy atom.